The molecular weight excluding hydrogens is 388 g/mol. The van der Waals surface area contributed by atoms with Gasteiger partial charge in [-0.2, -0.15) is 5.10 Å². The molecule has 0 saturated carbocycles. The maximum Gasteiger partial charge on any atom is 0.251 e. The van der Waals surface area contributed by atoms with Crippen LogP contribution in [-0.2, 0) is 6.54 Å². The van der Waals surface area contributed by atoms with Crippen LogP contribution in [0.2, 0.25) is 5.02 Å². The second kappa shape index (κ2) is 8.58. The lowest BCUT2D eigenvalue weighted by molar-refractivity contribution is 0.0951. The molecule has 4 rings (SSSR count). The molecule has 0 atom stereocenters. The maximum atomic E-state index is 12.4. The van der Waals surface area contributed by atoms with Crippen molar-refractivity contribution in [2.75, 3.05) is 0 Å². The molecule has 0 aliphatic carbocycles. The van der Waals surface area contributed by atoms with Crippen LogP contribution in [-0.4, -0.2) is 20.7 Å². The van der Waals surface area contributed by atoms with Crippen LogP contribution in [0, 0.1) is 0 Å². The molecule has 144 valence electrons. The summed E-state index contributed by atoms with van der Waals surface area (Å²) in [7, 11) is 0. The average Bonchev–Trinajstić information content (AvgIpc) is 3.23. The van der Waals surface area contributed by atoms with E-state index in [0.717, 1.165) is 11.3 Å². The number of ether oxygens (including phenoxy) is 1. The van der Waals surface area contributed by atoms with Crippen molar-refractivity contribution in [3.8, 4) is 17.2 Å². The molecule has 0 spiro atoms. The van der Waals surface area contributed by atoms with Gasteiger partial charge in [0.05, 0.1) is 18.1 Å². The second-order valence-corrected chi connectivity index (χ2v) is 6.70. The Balaban J connectivity index is 1.34. The molecule has 2 aromatic heterocycles. The molecular formula is C22H17ClN4O2. The number of rotatable bonds is 6. The van der Waals surface area contributed by atoms with Crippen LogP contribution in [0.4, 0.5) is 0 Å². The van der Waals surface area contributed by atoms with Crippen molar-refractivity contribution < 1.29 is 9.53 Å². The SMILES string of the molecule is O=C(NCc1cnn(-c2ccc(Cl)cc2)c1)c1ccc(Oc2cccnc2)cc1. The van der Waals surface area contributed by atoms with Crippen molar-refractivity contribution in [1.82, 2.24) is 20.1 Å². The van der Waals surface area contributed by atoms with E-state index in [-0.39, 0.29) is 5.91 Å². The van der Waals surface area contributed by atoms with Crippen molar-refractivity contribution in [2.45, 2.75) is 6.54 Å². The Morgan fingerprint density at radius 1 is 1.00 bits per heavy atom. The molecule has 0 aliphatic rings. The summed E-state index contributed by atoms with van der Waals surface area (Å²) in [6.45, 7) is 0.375. The molecule has 2 heterocycles. The molecule has 7 heteroatoms. The van der Waals surface area contributed by atoms with Gasteiger partial charge in [-0.1, -0.05) is 11.6 Å². The third-order valence-electron chi connectivity index (χ3n) is 4.17. The number of aromatic nitrogens is 3. The average molecular weight is 405 g/mol. The summed E-state index contributed by atoms with van der Waals surface area (Å²) in [5, 5.41) is 7.88. The van der Waals surface area contributed by atoms with E-state index in [9.17, 15) is 4.79 Å². The van der Waals surface area contributed by atoms with Gasteiger partial charge in [0.15, 0.2) is 0 Å². The predicted octanol–water partition coefficient (Wildman–Crippen LogP) is 4.64. The molecule has 4 aromatic rings. The summed E-state index contributed by atoms with van der Waals surface area (Å²) in [6, 6.07) is 17.9. The minimum absolute atomic E-state index is 0.169. The van der Waals surface area contributed by atoms with Gasteiger partial charge in [0.25, 0.3) is 5.91 Å². The van der Waals surface area contributed by atoms with Gasteiger partial charge in [-0.25, -0.2) is 4.68 Å². The molecule has 0 bridgehead atoms. The first-order chi connectivity index (χ1) is 14.2. The highest BCUT2D eigenvalue weighted by molar-refractivity contribution is 6.30. The van der Waals surface area contributed by atoms with Crippen LogP contribution in [0.3, 0.4) is 0 Å². The molecule has 29 heavy (non-hydrogen) atoms. The van der Waals surface area contributed by atoms with Gasteiger partial charge in [-0.3, -0.25) is 9.78 Å². The zero-order valence-corrected chi connectivity index (χ0v) is 16.1. The van der Waals surface area contributed by atoms with E-state index in [4.69, 9.17) is 16.3 Å². The fourth-order valence-corrected chi connectivity index (χ4v) is 2.81. The normalized spacial score (nSPS) is 10.5. The van der Waals surface area contributed by atoms with Crippen LogP contribution in [0.5, 0.6) is 11.5 Å². The van der Waals surface area contributed by atoms with Crippen LogP contribution in [0.25, 0.3) is 5.69 Å². The van der Waals surface area contributed by atoms with Gasteiger partial charge in [0.1, 0.15) is 11.5 Å². The predicted molar refractivity (Wildman–Crippen MR) is 110 cm³/mol. The van der Waals surface area contributed by atoms with Crippen molar-refractivity contribution in [1.29, 1.82) is 0 Å². The largest absolute Gasteiger partial charge is 0.456 e. The number of carbonyl (C=O) groups excluding carboxylic acids is 1. The van der Waals surface area contributed by atoms with Gasteiger partial charge >= 0.3 is 0 Å². The van der Waals surface area contributed by atoms with Gasteiger partial charge in [-0.15, -0.1) is 0 Å². The summed E-state index contributed by atoms with van der Waals surface area (Å²) in [4.78, 5) is 16.4. The van der Waals surface area contributed by atoms with E-state index in [1.807, 2.05) is 36.5 Å². The Bertz CT molecular complexity index is 1090. The van der Waals surface area contributed by atoms with E-state index in [0.29, 0.717) is 28.6 Å². The van der Waals surface area contributed by atoms with Crippen LogP contribution in [0.1, 0.15) is 15.9 Å². The summed E-state index contributed by atoms with van der Waals surface area (Å²) >= 11 is 5.91. The van der Waals surface area contributed by atoms with E-state index in [2.05, 4.69) is 15.4 Å². The van der Waals surface area contributed by atoms with Gasteiger partial charge in [0, 0.05) is 35.1 Å². The van der Waals surface area contributed by atoms with E-state index >= 15 is 0 Å². The first kappa shape index (κ1) is 18.7. The minimum atomic E-state index is -0.169. The fourth-order valence-electron chi connectivity index (χ4n) is 2.69. The highest BCUT2D eigenvalue weighted by atomic mass is 35.5. The van der Waals surface area contributed by atoms with Crippen LogP contribution in [0.15, 0.2) is 85.5 Å². The molecule has 0 fully saturated rings. The van der Waals surface area contributed by atoms with Gasteiger partial charge < -0.3 is 10.1 Å². The molecule has 6 nitrogen and oxygen atoms in total. The molecule has 0 unspecified atom stereocenters. The van der Waals surface area contributed by atoms with Gasteiger partial charge in [-0.05, 0) is 60.7 Å². The molecule has 1 amide bonds. The summed E-state index contributed by atoms with van der Waals surface area (Å²) in [5.41, 5.74) is 2.34. The Kier molecular flexibility index (Phi) is 5.54. The van der Waals surface area contributed by atoms with Gasteiger partial charge in [0.2, 0.25) is 0 Å². The van der Waals surface area contributed by atoms with Crippen molar-refractivity contribution in [3.05, 3.63) is 102 Å². The number of halogens is 1. The lowest BCUT2D eigenvalue weighted by atomic mass is 10.2. The highest BCUT2D eigenvalue weighted by Crippen LogP contribution is 2.20. The van der Waals surface area contributed by atoms with Crippen molar-refractivity contribution in [3.63, 3.8) is 0 Å². The summed E-state index contributed by atoms with van der Waals surface area (Å²) in [6.07, 6.45) is 6.90. The zero-order chi connectivity index (χ0) is 20.1. The number of benzene rings is 2. The lowest BCUT2D eigenvalue weighted by Gasteiger charge is -2.07. The first-order valence-corrected chi connectivity index (χ1v) is 9.31. The smallest absolute Gasteiger partial charge is 0.251 e. The van der Waals surface area contributed by atoms with Crippen LogP contribution < -0.4 is 10.1 Å². The van der Waals surface area contributed by atoms with E-state index in [1.54, 1.807) is 53.6 Å². The number of carbonyl (C=O) groups is 1. The lowest BCUT2D eigenvalue weighted by Crippen LogP contribution is -2.22. The molecule has 0 saturated heterocycles. The van der Waals surface area contributed by atoms with Crippen LogP contribution >= 0.6 is 11.6 Å². The topological polar surface area (TPSA) is 69.0 Å². The molecule has 1 N–H and O–H groups in total. The quantitative estimate of drug-likeness (QED) is 0.508. The van der Waals surface area contributed by atoms with Crippen molar-refractivity contribution in [2.24, 2.45) is 0 Å². The highest BCUT2D eigenvalue weighted by Gasteiger charge is 2.08. The Morgan fingerprint density at radius 3 is 2.52 bits per heavy atom. The zero-order valence-electron chi connectivity index (χ0n) is 15.3. The summed E-state index contributed by atoms with van der Waals surface area (Å²) in [5.74, 6) is 1.11. The Morgan fingerprint density at radius 2 is 1.79 bits per heavy atom. The third-order valence-corrected chi connectivity index (χ3v) is 4.42. The van der Waals surface area contributed by atoms with E-state index in [1.165, 1.54) is 0 Å². The number of nitrogens with one attached hydrogen (secondary N) is 1. The maximum absolute atomic E-state index is 12.4. The second-order valence-electron chi connectivity index (χ2n) is 6.27. The number of nitrogens with zero attached hydrogens (tertiary/aromatic N) is 3. The number of pyridine rings is 1. The van der Waals surface area contributed by atoms with Crippen molar-refractivity contribution >= 4 is 17.5 Å². The Labute approximate surface area is 172 Å². The third kappa shape index (κ3) is 4.80. The minimum Gasteiger partial charge on any atom is -0.456 e. The first-order valence-electron chi connectivity index (χ1n) is 8.93. The molecule has 2 aromatic carbocycles. The summed E-state index contributed by atoms with van der Waals surface area (Å²) < 4.78 is 7.42. The molecule has 0 aliphatic heterocycles. The molecule has 0 radical (unpaired) electrons. The number of amides is 1. The Hall–Kier alpha value is -3.64. The van der Waals surface area contributed by atoms with E-state index < -0.39 is 0 Å². The standard InChI is InChI=1S/C22H17ClN4O2/c23-18-5-7-19(8-6-18)27-15-16(13-26-27)12-25-22(28)17-3-9-20(10-4-17)29-21-2-1-11-24-14-21/h1-11,13-15H,12H2,(H,25,28). The number of hydrogen-bond donors (Lipinski definition) is 1. The fraction of sp³-hybridized carbons (Fsp3) is 0.0455. The number of hydrogen-bond acceptors (Lipinski definition) is 4. The monoisotopic (exact) mass is 404 g/mol.